The van der Waals surface area contributed by atoms with Crippen molar-refractivity contribution in [1.82, 2.24) is 14.9 Å². The summed E-state index contributed by atoms with van der Waals surface area (Å²) in [6, 6.07) is 7.25. The first-order valence-corrected chi connectivity index (χ1v) is 7.78. The molecule has 1 aromatic carbocycles. The number of nitrogens with zero attached hydrogens (tertiary/aromatic N) is 2. The Bertz CT molecular complexity index is 682. The normalized spacial score (nSPS) is 11.5. The van der Waals surface area contributed by atoms with Crippen molar-refractivity contribution in [2.45, 2.75) is 6.42 Å². The van der Waals surface area contributed by atoms with Gasteiger partial charge < -0.3 is 9.15 Å². The average molecular weight is 297 g/mol. The first-order valence-electron chi connectivity index (χ1n) is 5.89. The Balaban J connectivity index is 2.04. The maximum absolute atomic E-state index is 10.9. The van der Waals surface area contributed by atoms with Gasteiger partial charge in [0, 0.05) is 18.5 Å². The molecule has 0 unspecified atom stereocenters. The molecule has 0 saturated carbocycles. The van der Waals surface area contributed by atoms with Crippen LogP contribution in [0.4, 0.5) is 0 Å². The van der Waals surface area contributed by atoms with E-state index in [1.807, 2.05) is 18.2 Å². The van der Waals surface area contributed by atoms with Crippen LogP contribution in [0.5, 0.6) is 5.75 Å². The molecule has 2 rings (SSSR count). The predicted molar refractivity (Wildman–Crippen MR) is 72.8 cm³/mol. The topological polar surface area (TPSA) is 94.3 Å². The third-order valence-corrected chi connectivity index (χ3v) is 3.22. The monoisotopic (exact) mass is 297 g/mol. The number of ether oxygens (including phenoxy) is 1. The van der Waals surface area contributed by atoms with Gasteiger partial charge in [-0.15, -0.1) is 10.2 Å². The Kier molecular flexibility index (Phi) is 4.35. The zero-order valence-corrected chi connectivity index (χ0v) is 12.0. The molecule has 1 heterocycles. The van der Waals surface area contributed by atoms with Crippen LogP contribution in [0.2, 0.25) is 0 Å². The molecule has 0 fully saturated rings. The Morgan fingerprint density at radius 2 is 2.15 bits per heavy atom. The van der Waals surface area contributed by atoms with E-state index in [0.717, 1.165) is 11.8 Å². The molecule has 0 bridgehead atoms. The van der Waals surface area contributed by atoms with Gasteiger partial charge in [0.05, 0.1) is 13.4 Å². The highest BCUT2D eigenvalue weighted by atomic mass is 32.2. The second-order valence-electron chi connectivity index (χ2n) is 4.15. The summed E-state index contributed by atoms with van der Waals surface area (Å²) in [5, 5.41) is 7.80. The number of methoxy groups -OCH3 is 1. The first-order chi connectivity index (χ1) is 9.48. The summed E-state index contributed by atoms with van der Waals surface area (Å²) in [4.78, 5) is 0. The average Bonchev–Trinajstić information content (AvgIpc) is 2.86. The van der Waals surface area contributed by atoms with Crippen LogP contribution in [0.15, 0.2) is 28.7 Å². The van der Waals surface area contributed by atoms with E-state index in [1.165, 1.54) is 0 Å². The summed E-state index contributed by atoms with van der Waals surface area (Å²) in [5.41, 5.74) is 0.749. The van der Waals surface area contributed by atoms with Crippen molar-refractivity contribution in [1.29, 1.82) is 0 Å². The van der Waals surface area contributed by atoms with Gasteiger partial charge in [-0.2, -0.15) is 0 Å². The molecule has 0 aliphatic rings. The molecule has 108 valence electrons. The van der Waals surface area contributed by atoms with E-state index in [0.29, 0.717) is 24.0 Å². The summed E-state index contributed by atoms with van der Waals surface area (Å²) in [6.45, 7) is 0.221. The van der Waals surface area contributed by atoms with E-state index in [-0.39, 0.29) is 6.54 Å². The zero-order valence-electron chi connectivity index (χ0n) is 11.2. The van der Waals surface area contributed by atoms with Gasteiger partial charge in [-0.05, 0) is 18.2 Å². The van der Waals surface area contributed by atoms with Crippen molar-refractivity contribution in [3.8, 4) is 17.2 Å². The van der Waals surface area contributed by atoms with E-state index in [4.69, 9.17) is 9.15 Å². The molecule has 0 radical (unpaired) electrons. The molecule has 0 aliphatic heterocycles. The van der Waals surface area contributed by atoms with Crippen LogP contribution in [-0.2, 0) is 16.4 Å². The highest BCUT2D eigenvalue weighted by Gasteiger charge is 2.10. The minimum Gasteiger partial charge on any atom is -0.497 e. The van der Waals surface area contributed by atoms with Gasteiger partial charge in [0.2, 0.25) is 21.8 Å². The molecule has 7 nitrogen and oxygen atoms in total. The molecule has 0 amide bonds. The number of benzene rings is 1. The Labute approximate surface area is 117 Å². The van der Waals surface area contributed by atoms with Crippen LogP contribution < -0.4 is 9.46 Å². The summed E-state index contributed by atoms with van der Waals surface area (Å²) >= 11 is 0. The minimum atomic E-state index is -3.21. The van der Waals surface area contributed by atoms with Gasteiger partial charge in [-0.25, -0.2) is 13.1 Å². The van der Waals surface area contributed by atoms with Crippen LogP contribution in [-0.4, -0.2) is 38.5 Å². The maximum atomic E-state index is 10.9. The molecule has 0 atom stereocenters. The molecule has 0 saturated heterocycles. The smallest absolute Gasteiger partial charge is 0.247 e. The largest absolute Gasteiger partial charge is 0.497 e. The molecule has 8 heteroatoms. The highest BCUT2D eigenvalue weighted by Crippen LogP contribution is 2.22. The Morgan fingerprint density at radius 3 is 2.85 bits per heavy atom. The third kappa shape index (κ3) is 4.04. The SMILES string of the molecule is COc1cccc(-c2nnc(CCNS(C)(=O)=O)o2)c1. The molecule has 0 aliphatic carbocycles. The fourth-order valence-electron chi connectivity index (χ4n) is 1.57. The van der Waals surface area contributed by atoms with E-state index < -0.39 is 10.0 Å². The molecular weight excluding hydrogens is 282 g/mol. The standard InChI is InChI=1S/C12H15N3O4S/c1-18-10-5-3-4-9(8-10)12-15-14-11(19-12)6-7-13-20(2,16)17/h3-5,8,13H,6-7H2,1-2H3. The second-order valence-corrected chi connectivity index (χ2v) is 5.98. The van der Waals surface area contributed by atoms with Crippen molar-refractivity contribution < 1.29 is 17.6 Å². The number of nitrogens with one attached hydrogen (secondary N) is 1. The number of aromatic nitrogens is 2. The van der Waals surface area contributed by atoms with Crippen molar-refractivity contribution in [3.05, 3.63) is 30.2 Å². The van der Waals surface area contributed by atoms with E-state index in [2.05, 4.69) is 14.9 Å². The van der Waals surface area contributed by atoms with Gasteiger partial charge in [0.15, 0.2) is 0 Å². The third-order valence-electron chi connectivity index (χ3n) is 2.49. The van der Waals surface area contributed by atoms with E-state index >= 15 is 0 Å². The Hall–Kier alpha value is -1.93. The van der Waals surface area contributed by atoms with Crippen LogP contribution in [0.25, 0.3) is 11.5 Å². The lowest BCUT2D eigenvalue weighted by Gasteiger charge is -2.00. The first kappa shape index (κ1) is 14.5. The number of hydrogen-bond acceptors (Lipinski definition) is 6. The van der Waals surface area contributed by atoms with E-state index in [1.54, 1.807) is 13.2 Å². The van der Waals surface area contributed by atoms with Gasteiger partial charge in [0.1, 0.15) is 5.75 Å². The molecule has 1 N–H and O–H groups in total. The number of rotatable bonds is 6. The van der Waals surface area contributed by atoms with Crippen LogP contribution in [0, 0.1) is 0 Å². The summed E-state index contributed by atoms with van der Waals surface area (Å²) in [6.07, 6.45) is 1.44. The molecule has 2 aromatic rings. The fraction of sp³-hybridized carbons (Fsp3) is 0.333. The summed E-state index contributed by atoms with van der Waals surface area (Å²) in [5.74, 6) is 1.44. The van der Waals surface area contributed by atoms with Crippen molar-refractivity contribution >= 4 is 10.0 Å². The van der Waals surface area contributed by atoms with Crippen molar-refractivity contribution in [3.63, 3.8) is 0 Å². The lowest BCUT2D eigenvalue weighted by molar-refractivity contribution is 0.414. The molecule has 1 aromatic heterocycles. The Morgan fingerprint density at radius 1 is 1.35 bits per heavy atom. The van der Waals surface area contributed by atoms with E-state index in [9.17, 15) is 8.42 Å². The summed E-state index contributed by atoms with van der Waals surface area (Å²) in [7, 11) is -1.63. The molecule has 0 spiro atoms. The maximum Gasteiger partial charge on any atom is 0.247 e. The quantitative estimate of drug-likeness (QED) is 0.849. The van der Waals surface area contributed by atoms with Gasteiger partial charge in [-0.1, -0.05) is 6.07 Å². The fourth-order valence-corrected chi connectivity index (χ4v) is 2.04. The molecule has 20 heavy (non-hydrogen) atoms. The minimum absolute atomic E-state index is 0.221. The van der Waals surface area contributed by atoms with Crippen LogP contribution in [0.3, 0.4) is 0 Å². The van der Waals surface area contributed by atoms with Crippen LogP contribution >= 0.6 is 0 Å². The lowest BCUT2D eigenvalue weighted by Crippen LogP contribution is -2.24. The highest BCUT2D eigenvalue weighted by molar-refractivity contribution is 7.88. The number of sulfonamides is 1. The molecular formula is C12H15N3O4S. The van der Waals surface area contributed by atoms with Crippen molar-refractivity contribution in [2.24, 2.45) is 0 Å². The van der Waals surface area contributed by atoms with Gasteiger partial charge in [0.25, 0.3) is 0 Å². The second kappa shape index (κ2) is 6.02. The number of hydrogen-bond donors (Lipinski definition) is 1. The van der Waals surface area contributed by atoms with Crippen LogP contribution in [0.1, 0.15) is 5.89 Å². The zero-order chi connectivity index (χ0) is 14.6. The van der Waals surface area contributed by atoms with Crippen molar-refractivity contribution in [2.75, 3.05) is 19.9 Å². The summed E-state index contributed by atoms with van der Waals surface area (Å²) < 4.78 is 34.8. The van der Waals surface area contributed by atoms with Gasteiger partial charge in [-0.3, -0.25) is 0 Å². The predicted octanol–water partition coefficient (Wildman–Crippen LogP) is 0.837. The van der Waals surface area contributed by atoms with Gasteiger partial charge >= 0.3 is 0 Å². The lowest BCUT2D eigenvalue weighted by atomic mass is 10.2.